The molecule has 3 aromatic rings. The van der Waals surface area contributed by atoms with Crippen LogP contribution in [-0.2, 0) is 0 Å². The van der Waals surface area contributed by atoms with Crippen molar-refractivity contribution in [3.05, 3.63) is 48.3 Å². The Morgan fingerprint density at radius 3 is 2.90 bits per heavy atom. The van der Waals surface area contributed by atoms with Crippen LogP contribution in [0.4, 0.5) is 5.69 Å². The molecule has 1 N–H and O–H groups in total. The van der Waals surface area contributed by atoms with E-state index in [0.29, 0.717) is 17.3 Å². The van der Waals surface area contributed by atoms with Crippen molar-refractivity contribution in [1.82, 2.24) is 14.6 Å². The van der Waals surface area contributed by atoms with Gasteiger partial charge in [-0.15, -0.1) is 10.2 Å². The number of aromatic nitrogens is 3. The minimum absolute atomic E-state index is 0.274. The Labute approximate surface area is 120 Å². The zero-order valence-electron chi connectivity index (χ0n) is 11.3. The molecule has 1 aliphatic rings. The molecule has 0 aliphatic heterocycles. The number of rotatable bonds is 3. The van der Waals surface area contributed by atoms with Crippen LogP contribution in [-0.4, -0.2) is 20.5 Å². The van der Waals surface area contributed by atoms with E-state index in [2.05, 4.69) is 15.5 Å². The van der Waals surface area contributed by atoms with Crippen LogP contribution in [0, 0.1) is 0 Å². The van der Waals surface area contributed by atoms with Gasteiger partial charge < -0.3 is 9.73 Å². The zero-order valence-corrected chi connectivity index (χ0v) is 11.3. The van der Waals surface area contributed by atoms with E-state index in [1.807, 2.05) is 22.7 Å². The maximum atomic E-state index is 12.1. The number of pyridine rings is 1. The van der Waals surface area contributed by atoms with E-state index < -0.39 is 0 Å². The minimum atomic E-state index is -0.290. The highest BCUT2D eigenvalue weighted by Gasteiger charge is 2.25. The number of hydrogen-bond acceptors (Lipinski definition) is 4. The third-order valence-corrected chi connectivity index (χ3v) is 3.92. The molecule has 1 amide bonds. The Bertz CT molecular complexity index is 787. The Morgan fingerprint density at radius 1 is 1.29 bits per heavy atom. The van der Waals surface area contributed by atoms with Crippen molar-refractivity contribution < 1.29 is 9.21 Å². The molecule has 0 saturated heterocycles. The molecule has 4 rings (SSSR count). The Balaban J connectivity index is 1.69. The minimum Gasteiger partial charge on any atom is -0.459 e. The van der Waals surface area contributed by atoms with Crippen LogP contribution >= 0.6 is 0 Å². The third-order valence-electron chi connectivity index (χ3n) is 3.92. The van der Waals surface area contributed by atoms with Gasteiger partial charge in [0.2, 0.25) is 0 Å². The van der Waals surface area contributed by atoms with Crippen molar-refractivity contribution in [2.75, 3.05) is 5.32 Å². The number of carbonyl (C=O) groups is 1. The van der Waals surface area contributed by atoms with Crippen molar-refractivity contribution >= 4 is 17.2 Å². The molecule has 0 radical (unpaired) electrons. The highest BCUT2D eigenvalue weighted by molar-refractivity contribution is 6.04. The average molecular weight is 282 g/mol. The fraction of sp³-hybridized carbons (Fsp3) is 0.267. The number of nitrogens with zero attached hydrogens (tertiary/aromatic N) is 3. The van der Waals surface area contributed by atoms with Crippen LogP contribution in [0.5, 0.6) is 0 Å². The standard InChI is InChI=1S/C15H14N4O2/c20-15(12-7-3-9-21-12)16-11-6-2-8-19-13(10-4-1-5-10)17-18-14(11)19/h2-3,6-10H,1,4-5H2,(H,16,20). The molecular weight excluding hydrogens is 268 g/mol. The van der Waals surface area contributed by atoms with Gasteiger partial charge in [0.1, 0.15) is 5.82 Å². The normalized spacial score (nSPS) is 15.0. The molecule has 1 aliphatic carbocycles. The van der Waals surface area contributed by atoms with Gasteiger partial charge in [0.05, 0.1) is 12.0 Å². The SMILES string of the molecule is O=C(Nc1cccn2c(C3CCC3)nnc12)c1ccco1. The van der Waals surface area contributed by atoms with Gasteiger partial charge in [-0.1, -0.05) is 6.42 Å². The number of amides is 1. The molecule has 0 bridgehead atoms. The van der Waals surface area contributed by atoms with E-state index in [-0.39, 0.29) is 11.7 Å². The molecule has 6 heteroatoms. The fourth-order valence-electron chi connectivity index (χ4n) is 2.57. The van der Waals surface area contributed by atoms with E-state index in [1.54, 1.807) is 12.1 Å². The van der Waals surface area contributed by atoms with Gasteiger partial charge in [0.25, 0.3) is 5.91 Å². The summed E-state index contributed by atoms with van der Waals surface area (Å²) in [6.07, 6.45) is 6.97. The first kappa shape index (κ1) is 12.1. The highest BCUT2D eigenvalue weighted by atomic mass is 16.3. The largest absolute Gasteiger partial charge is 0.459 e. The smallest absolute Gasteiger partial charge is 0.291 e. The van der Waals surface area contributed by atoms with Gasteiger partial charge in [-0.2, -0.15) is 0 Å². The molecular formula is C15H14N4O2. The maximum Gasteiger partial charge on any atom is 0.291 e. The summed E-state index contributed by atoms with van der Waals surface area (Å²) < 4.78 is 7.05. The summed E-state index contributed by atoms with van der Waals surface area (Å²) in [5.41, 5.74) is 1.30. The molecule has 1 saturated carbocycles. The second-order valence-electron chi connectivity index (χ2n) is 5.23. The van der Waals surface area contributed by atoms with Crippen molar-refractivity contribution in [3.8, 4) is 0 Å². The summed E-state index contributed by atoms with van der Waals surface area (Å²) in [6, 6.07) is 7.01. The molecule has 1 fully saturated rings. The number of hydrogen-bond donors (Lipinski definition) is 1. The summed E-state index contributed by atoms with van der Waals surface area (Å²) in [6.45, 7) is 0. The molecule has 0 unspecified atom stereocenters. The van der Waals surface area contributed by atoms with Crippen molar-refractivity contribution in [3.63, 3.8) is 0 Å². The first-order valence-corrected chi connectivity index (χ1v) is 7.01. The van der Waals surface area contributed by atoms with Crippen molar-refractivity contribution in [1.29, 1.82) is 0 Å². The van der Waals surface area contributed by atoms with E-state index in [4.69, 9.17) is 4.42 Å². The number of anilines is 1. The lowest BCUT2D eigenvalue weighted by molar-refractivity contribution is 0.0996. The molecule has 0 atom stereocenters. The van der Waals surface area contributed by atoms with Gasteiger partial charge >= 0.3 is 0 Å². The van der Waals surface area contributed by atoms with Gasteiger partial charge in [0.15, 0.2) is 11.4 Å². The first-order valence-electron chi connectivity index (χ1n) is 7.01. The summed E-state index contributed by atoms with van der Waals surface area (Å²) in [5, 5.41) is 11.3. The van der Waals surface area contributed by atoms with Crippen LogP contribution in [0.2, 0.25) is 0 Å². The lowest BCUT2D eigenvalue weighted by Gasteiger charge is -2.23. The number of fused-ring (bicyclic) bond motifs is 1. The Kier molecular flexibility index (Phi) is 2.73. The predicted octanol–water partition coefficient (Wildman–Crippen LogP) is 2.84. The lowest BCUT2D eigenvalue weighted by Crippen LogP contribution is -2.14. The summed E-state index contributed by atoms with van der Waals surface area (Å²) in [7, 11) is 0. The van der Waals surface area contributed by atoms with Gasteiger partial charge in [-0.25, -0.2) is 0 Å². The van der Waals surface area contributed by atoms with Gasteiger partial charge in [0, 0.05) is 12.1 Å². The van der Waals surface area contributed by atoms with E-state index in [1.165, 1.54) is 12.7 Å². The van der Waals surface area contributed by atoms with Crippen LogP contribution in [0.3, 0.4) is 0 Å². The van der Waals surface area contributed by atoms with E-state index in [0.717, 1.165) is 18.7 Å². The van der Waals surface area contributed by atoms with Crippen LogP contribution in [0.15, 0.2) is 41.1 Å². The molecule has 0 aromatic carbocycles. The maximum absolute atomic E-state index is 12.1. The first-order chi connectivity index (χ1) is 10.3. The Morgan fingerprint density at radius 2 is 2.19 bits per heavy atom. The molecule has 0 spiro atoms. The van der Waals surface area contributed by atoms with Crippen molar-refractivity contribution in [2.24, 2.45) is 0 Å². The summed E-state index contributed by atoms with van der Waals surface area (Å²) in [5.74, 6) is 1.44. The Hall–Kier alpha value is -2.63. The number of furan rings is 1. The zero-order chi connectivity index (χ0) is 14.2. The fourth-order valence-corrected chi connectivity index (χ4v) is 2.57. The average Bonchev–Trinajstić information content (AvgIpc) is 3.07. The third kappa shape index (κ3) is 1.99. The predicted molar refractivity (Wildman–Crippen MR) is 76.2 cm³/mol. The highest BCUT2D eigenvalue weighted by Crippen LogP contribution is 2.35. The quantitative estimate of drug-likeness (QED) is 0.801. The van der Waals surface area contributed by atoms with Crippen LogP contribution in [0.25, 0.3) is 5.65 Å². The summed E-state index contributed by atoms with van der Waals surface area (Å²) in [4.78, 5) is 12.1. The lowest BCUT2D eigenvalue weighted by atomic mass is 9.85. The molecule has 106 valence electrons. The second kappa shape index (κ2) is 4.73. The second-order valence-corrected chi connectivity index (χ2v) is 5.23. The van der Waals surface area contributed by atoms with Crippen LogP contribution in [0.1, 0.15) is 41.6 Å². The van der Waals surface area contributed by atoms with Crippen LogP contribution < -0.4 is 5.32 Å². The summed E-state index contributed by atoms with van der Waals surface area (Å²) >= 11 is 0. The number of carbonyl (C=O) groups excluding carboxylic acids is 1. The monoisotopic (exact) mass is 282 g/mol. The van der Waals surface area contributed by atoms with E-state index >= 15 is 0 Å². The molecule has 6 nitrogen and oxygen atoms in total. The van der Waals surface area contributed by atoms with Gasteiger partial charge in [-0.3, -0.25) is 9.20 Å². The van der Waals surface area contributed by atoms with E-state index in [9.17, 15) is 4.79 Å². The molecule has 3 heterocycles. The van der Waals surface area contributed by atoms with Gasteiger partial charge in [-0.05, 0) is 37.1 Å². The topological polar surface area (TPSA) is 72.4 Å². The number of nitrogens with one attached hydrogen (secondary N) is 1. The van der Waals surface area contributed by atoms with Crippen molar-refractivity contribution in [2.45, 2.75) is 25.2 Å². The molecule has 21 heavy (non-hydrogen) atoms. The molecule has 3 aromatic heterocycles.